The minimum atomic E-state index is 0.636. The highest BCUT2D eigenvalue weighted by Crippen LogP contribution is 2.34. The van der Waals surface area contributed by atoms with Crippen molar-refractivity contribution in [3.8, 4) is 11.3 Å². The summed E-state index contributed by atoms with van der Waals surface area (Å²) in [5.74, 6) is 0. The normalized spacial score (nSPS) is 10.9. The number of H-pyrrole nitrogens is 1. The second-order valence-electron chi connectivity index (χ2n) is 4.94. The van der Waals surface area contributed by atoms with Crippen LogP contribution >= 0.6 is 11.6 Å². The van der Waals surface area contributed by atoms with Gasteiger partial charge in [0, 0.05) is 27.1 Å². The van der Waals surface area contributed by atoms with Gasteiger partial charge in [0.2, 0.25) is 0 Å². The number of aldehydes is 1. The molecule has 0 radical (unpaired) electrons. The van der Waals surface area contributed by atoms with E-state index in [9.17, 15) is 4.79 Å². The van der Waals surface area contributed by atoms with E-state index in [4.69, 9.17) is 11.6 Å². The number of rotatable bonds is 2. The Morgan fingerprint density at radius 1 is 1.10 bits per heavy atom. The van der Waals surface area contributed by atoms with Crippen molar-refractivity contribution in [1.82, 2.24) is 4.98 Å². The van der Waals surface area contributed by atoms with Crippen molar-refractivity contribution in [3.05, 3.63) is 58.1 Å². The van der Waals surface area contributed by atoms with Crippen LogP contribution in [0.15, 0.2) is 36.4 Å². The molecule has 20 heavy (non-hydrogen) atoms. The van der Waals surface area contributed by atoms with Crippen molar-refractivity contribution in [3.63, 3.8) is 0 Å². The first-order valence-corrected chi connectivity index (χ1v) is 6.83. The minimum Gasteiger partial charge on any atom is -0.354 e. The van der Waals surface area contributed by atoms with Crippen LogP contribution in [0.5, 0.6) is 0 Å². The number of halogens is 1. The molecule has 0 saturated carbocycles. The summed E-state index contributed by atoms with van der Waals surface area (Å²) in [6.45, 7) is 4.12. The molecule has 3 aromatic rings. The number of aromatic amines is 1. The van der Waals surface area contributed by atoms with E-state index in [1.54, 1.807) is 0 Å². The molecule has 0 spiro atoms. The van der Waals surface area contributed by atoms with Gasteiger partial charge in [-0.2, -0.15) is 0 Å². The summed E-state index contributed by atoms with van der Waals surface area (Å²) in [6, 6.07) is 11.6. The maximum atomic E-state index is 11.5. The molecule has 0 aliphatic carbocycles. The van der Waals surface area contributed by atoms with Gasteiger partial charge in [-0.25, -0.2) is 0 Å². The molecule has 3 rings (SSSR count). The molecule has 0 bridgehead atoms. The van der Waals surface area contributed by atoms with Crippen LogP contribution in [0.1, 0.15) is 21.5 Å². The number of benzene rings is 2. The number of aromatic nitrogens is 1. The van der Waals surface area contributed by atoms with Gasteiger partial charge in [0.15, 0.2) is 6.29 Å². The third kappa shape index (κ3) is 1.84. The maximum absolute atomic E-state index is 11.5. The highest BCUT2D eigenvalue weighted by Gasteiger charge is 2.16. The molecule has 2 nitrogen and oxygen atoms in total. The summed E-state index contributed by atoms with van der Waals surface area (Å²) in [6.07, 6.45) is 0.895. The number of fused-ring (bicyclic) bond motifs is 1. The zero-order chi connectivity index (χ0) is 14.3. The summed E-state index contributed by atoms with van der Waals surface area (Å²) in [5.41, 5.74) is 5.66. The average Bonchev–Trinajstić information content (AvgIpc) is 2.82. The molecule has 2 aromatic carbocycles. The van der Waals surface area contributed by atoms with E-state index in [-0.39, 0.29) is 0 Å². The van der Waals surface area contributed by atoms with Crippen LogP contribution < -0.4 is 0 Å². The first-order valence-electron chi connectivity index (χ1n) is 6.45. The molecule has 0 fully saturated rings. The van der Waals surface area contributed by atoms with Crippen LogP contribution in [0.3, 0.4) is 0 Å². The fraction of sp³-hybridized carbons (Fsp3) is 0.118. The second kappa shape index (κ2) is 4.80. The highest BCUT2D eigenvalue weighted by atomic mass is 35.5. The first-order chi connectivity index (χ1) is 9.63. The third-order valence-electron chi connectivity index (χ3n) is 3.81. The lowest BCUT2D eigenvalue weighted by atomic mass is 10.0. The Labute approximate surface area is 122 Å². The maximum Gasteiger partial charge on any atom is 0.152 e. The molecule has 0 saturated heterocycles. The average molecular weight is 284 g/mol. The van der Waals surface area contributed by atoms with Gasteiger partial charge in [-0.1, -0.05) is 41.9 Å². The lowest BCUT2D eigenvalue weighted by Gasteiger charge is -2.02. The van der Waals surface area contributed by atoms with Gasteiger partial charge in [0.05, 0.1) is 5.69 Å². The summed E-state index contributed by atoms with van der Waals surface area (Å²) in [5, 5.41) is 1.58. The van der Waals surface area contributed by atoms with Gasteiger partial charge in [-0.05, 0) is 31.0 Å². The van der Waals surface area contributed by atoms with Crippen molar-refractivity contribution in [2.24, 2.45) is 0 Å². The Hall–Kier alpha value is -2.06. The van der Waals surface area contributed by atoms with Crippen LogP contribution in [0.25, 0.3) is 22.2 Å². The number of hydrogen-bond donors (Lipinski definition) is 1. The van der Waals surface area contributed by atoms with E-state index in [1.807, 2.05) is 36.4 Å². The molecular formula is C17H14ClNO. The lowest BCUT2D eigenvalue weighted by molar-refractivity contribution is 0.112. The van der Waals surface area contributed by atoms with Gasteiger partial charge >= 0.3 is 0 Å². The van der Waals surface area contributed by atoms with Crippen LogP contribution in [0.4, 0.5) is 0 Å². The fourth-order valence-corrected chi connectivity index (χ4v) is 2.76. The summed E-state index contributed by atoms with van der Waals surface area (Å²) in [4.78, 5) is 14.9. The van der Waals surface area contributed by atoms with Gasteiger partial charge < -0.3 is 4.98 Å². The van der Waals surface area contributed by atoms with E-state index >= 15 is 0 Å². The highest BCUT2D eigenvalue weighted by molar-refractivity contribution is 6.33. The fourth-order valence-electron chi connectivity index (χ4n) is 2.53. The van der Waals surface area contributed by atoms with E-state index in [1.165, 1.54) is 5.56 Å². The minimum absolute atomic E-state index is 0.636. The third-order valence-corrected chi connectivity index (χ3v) is 4.14. The predicted octanol–water partition coefficient (Wildman–Crippen LogP) is 4.92. The van der Waals surface area contributed by atoms with E-state index in [2.05, 4.69) is 18.8 Å². The molecule has 100 valence electrons. The molecule has 1 N–H and O–H groups in total. The number of carbonyl (C=O) groups excluding carboxylic acids is 1. The lowest BCUT2D eigenvalue weighted by Crippen LogP contribution is -1.85. The monoisotopic (exact) mass is 283 g/mol. The Bertz CT molecular complexity index is 817. The Kier molecular flexibility index (Phi) is 3.11. The molecular weight excluding hydrogens is 270 g/mol. The summed E-state index contributed by atoms with van der Waals surface area (Å²) >= 11 is 6.25. The quantitative estimate of drug-likeness (QED) is 0.666. The SMILES string of the molecule is Cc1ccc2c(C=O)c(-c3ccccc3Cl)[nH]c2c1C. The number of nitrogens with one attached hydrogen (secondary N) is 1. The molecule has 0 aliphatic rings. The number of hydrogen-bond acceptors (Lipinski definition) is 1. The molecule has 0 unspecified atom stereocenters. The number of carbonyl (C=O) groups is 1. The summed E-state index contributed by atoms with van der Waals surface area (Å²) in [7, 11) is 0. The van der Waals surface area contributed by atoms with Crippen LogP contribution in [-0.2, 0) is 0 Å². The zero-order valence-corrected chi connectivity index (χ0v) is 12.1. The first kappa shape index (κ1) is 12.9. The van der Waals surface area contributed by atoms with Gasteiger partial charge in [-0.3, -0.25) is 4.79 Å². The van der Waals surface area contributed by atoms with E-state index in [0.717, 1.165) is 34.0 Å². The van der Waals surface area contributed by atoms with Gasteiger partial charge in [-0.15, -0.1) is 0 Å². The van der Waals surface area contributed by atoms with Crippen LogP contribution in [0.2, 0.25) is 5.02 Å². The van der Waals surface area contributed by atoms with E-state index < -0.39 is 0 Å². The van der Waals surface area contributed by atoms with Crippen molar-refractivity contribution in [2.45, 2.75) is 13.8 Å². The van der Waals surface area contributed by atoms with Gasteiger partial charge in [0.25, 0.3) is 0 Å². The van der Waals surface area contributed by atoms with Crippen LogP contribution in [0, 0.1) is 13.8 Å². The predicted molar refractivity (Wildman–Crippen MR) is 83.6 cm³/mol. The summed E-state index contributed by atoms with van der Waals surface area (Å²) < 4.78 is 0. The Morgan fingerprint density at radius 3 is 2.55 bits per heavy atom. The van der Waals surface area contributed by atoms with Gasteiger partial charge in [0.1, 0.15) is 0 Å². The number of aryl methyl sites for hydroxylation is 2. The molecule has 0 aliphatic heterocycles. The smallest absolute Gasteiger partial charge is 0.152 e. The topological polar surface area (TPSA) is 32.9 Å². The molecule has 1 aromatic heterocycles. The molecule has 1 heterocycles. The Balaban J connectivity index is 2.40. The van der Waals surface area contributed by atoms with Crippen molar-refractivity contribution >= 4 is 28.8 Å². The molecule has 0 amide bonds. The molecule has 0 atom stereocenters. The van der Waals surface area contributed by atoms with Crippen LogP contribution in [-0.4, -0.2) is 11.3 Å². The standard InChI is InChI=1S/C17H14ClNO/c1-10-7-8-12-14(9-20)17(19-16(12)11(10)2)13-5-3-4-6-15(13)18/h3-9,19H,1-2H3. The van der Waals surface area contributed by atoms with Crippen molar-refractivity contribution < 1.29 is 4.79 Å². The second-order valence-corrected chi connectivity index (χ2v) is 5.35. The Morgan fingerprint density at radius 2 is 1.85 bits per heavy atom. The molecule has 3 heteroatoms. The van der Waals surface area contributed by atoms with Crippen molar-refractivity contribution in [1.29, 1.82) is 0 Å². The zero-order valence-electron chi connectivity index (χ0n) is 11.3. The van der Waals surface area contributed by atoms with Crippen molar-refractivity contribution in [2.75, 3.05) is 0 Å². The van der Waals surface area contributed by atoms with E-state index in [0.29, 0.717) is 10.6 Å². The largest absolute Gasteiger partial charge is 0.354 e.